The Bertz CT molecular complexity index is 980. The van der Waals surface area contributed by atoms with E-state index in [1.807, 2.05) is 35.2 Å². The molecule has 32 heavy (non-hydrogen) atoms. The number of piperazine rings is 2. The molecule has 3 aliphatic rings. The predicted molar refractivity (Wildman–Crippen MR) is 122 cm³/mol. The first-order valence-electron chi connectivity index (χ1n) is 11.0. The Labute approximate surface area is 187 Å². The average Bonchev–Trinajstić information content (AvgIpc) is 3.31. The van der Waals surface area contributed by atoms with E-state index >= 15 is 0 Å². The van der Waals surface area contributed by atoms with Crippen LogP contribution in [0.25, 0.3) is 6.08 Å². The number of aromatic nitrogens is 2. The maximum absolute atomic E-state index is 12.6. The highest BCUT2D eigenvalue weighted by molar-refractivity contribution is 5.92. The van der Waals surface area contributed by atoms with Crippen LogP contribution < -0.4 is 19.3 Å². The van der Waals surface area contributed by atoms with Gasteiger partial charge in [0.25, 0.3) is 0 Å². The molecule has 2 saturated heterocycles. The quantitative estimate of drug-likeness (QED) is 0.665. The van der Waals surface area contributed by atoms with Crippen LogP contribution in [0.15, 0.2) is 36.4 Å². The smallest absolute Gasteiger partial charge is 0.246 e. The lowest BCUT2D eigenvalue weighted by atomic mass is 10.2. The summed E-state index contributed by atoms with van der Waals surface area (Å²) in [7, 11) is 2.14. The zero-order chi connectivity index (χ0) is 21.9. The first-order chi connectivity index (χ1) is 15.7. The van der Waals surface area contributed by atoms with Crippen LogP contribution >= 0.6 is 0 Å². The molecule has 0 atom stereocenters. The number of benzene rings is 1. The molecule has 0 radical (unpaired) electrons. The van der Waals surface area contributed by atoms with Crippen LogP contribution in [0.4, 0.5) is 11.6 Å². The maximum atomic E-state index is 12.6. The summed E-state index contributed by atoms with van der Waals surface area (Å²) in [5, 5.41) is 8.90. The third-order valence-corrected chi connectivity index (χ3v) is 6.19. The van der Waals surface area contributed by atoms with E-state index in [2.05, 4.69) is 38.0 Å². The second-order valence-electron chi connectivity index (χ2n) is 8.30. The van der Waals surface area contributed by atoms with Crippen LogP contribution in [0.3, 0.4) is 0 Å². The number of rotatable bonds is 4. The maximum Gasteiger partial charge on any atom is 0.246 e. The highest BCUT2D eigenvalue weighted by Crippen LogP contribution is 2.32. The number of carbonyl (C=O) groups is 1. The summed E-state index contributed by atoms with van der Waals surface area (Å²) < 4.78 is 10.7. The van der Waals surface area contributed by atoms with Gasteiger partial charge >= 0.3 is 0 Å². The SMILES string of the molecule is CN1CCN(c2ccc(N3CCN(C(=O)/C=C/c4ccc5c(c4)OCO5)CC3)nn2)CC1. The van der Waals surface area contributed by atoms with Gasteiger partial charge in [-0.2, -0.15) is 0 Å². The van der Waals surface area contributed by atoms with Gasteiger partial charge in [-0.1, -0.05) is 6.07 Å². The Hall–Kier alpha value is -3.33. The van der Waals surface area contributed by atoms with E-state index in [4.69, 9.17) is 9.47 Å². The molecule has 2 fully saturated rings. The van der Waals surface area contributed by atoms with Crippen LogP contribution in [-0.4, -0.2) is 92.1 Å². The summed E-state index contributed by atoms with van der Waals surface area (Å²) in [6, 6.07) is 9.76. The number of ether oxygens (including phenoxy) is 2. The third-order valence-electron chi connectivity index (χ3n) is 6.19. The van der Waals surface area contributed by atoms with Crippen molar-refractivity contribution in [3.05, 3.63) is 42.0 Å². The summed E-state index contributed by atoms with van der Waals surface area (Å²) in [5.74, 6) is 3.27. The van der Waals surface area contributed by atoms with E-state index in [9.17, 15) is 4.79 Å². The summed E-state index contributed by atoms with van der Waals surface area (Å²) in [6.45, 7) is 7.09. The van der Waals surface area contributed by atoms with Gasteiger partial charge in [0, 0.05) is 58.4 Å². The second kappa shape index (κ2) is 9.04. The molecule has 0 bridgehead atoms. The van der Waals surface area contributed by atoms with Gasteiger partial charge < -0.3 is 29.1 Å². The van der Waals surface area contributed by atoms with Crippen molar-refractivity contribution in [1.29, 1.82) is 0 Å². The van der Waals surface area contributed by atoms with Crippen molar-refractivity contribution in [2.45, 2.75) is 0 Å². The van der Waals surface area contributed by atoms with E-state index in [0.717, 1.165) is 62.2 Å². The molecule has 1 aromatic heterocycles. The van der Waals surface area contributed by atoms with Gasteiger partial charge in [-0.15, -0.1) is 10.2 Å². The van der Waals surface area contributed by atoms with Gasteiger partial charge in [0.2, 0.25) is 12.7 Å². The third kappa shape index (κ3) is 4.47. The zero-order valence-corrected chi connectivity index (χ0v) is 18.3. The van der Waals surface area contributed by atoms with Gasteiger partial charge in [-0.3, -0.25) is 4.79 Å². The standard InChI is InChI=1S/C23H28N6O3/c1-26-8-10-27(11-9-26)21-5-6-22(25-24-21)28-12-14-29(15-13-28)23(30)7-3-18-2-4-19-20(16-18)32-17-31-19/h2-7,16H,8-15,17H2,1H3/b7-3+. The minimum atomic E-state index is 0.0128. The lowest BCUT2D eigenvalue weighted by Crippen LogP contribution is -2.48. The van der Waals surface area contributed by atoms with Gasteiger partial charge in [-0.25, -0.2) is 0 Å². The molecular weight excluding hydrogens is 408 g/mol. The average molecular weight is 437 g/mol. The largest absolute Gasteiger partial charge is 0.454 e. The van der Waals surface area contributed by atoms with E-state index in [1.165, 1.54) is 0 Å². The fourth-order valence-electron chi connectivity index (χ4n) is 4.14. The van der Waals surface area contributed by atoms with Crippen molar-refractivity contribution >= 4 is 23.6 Å². The number of carbonyl (C=O) groups excluding carboxylic acids is 1. The van der Waals surface area contributed by atoms with Crippen molar-refractivity contribution in [2.24, 2.45) is 0 Å². The monoisotopic (exact) mass is 436 g/mol. The van der Waals surface area contributed by atoms with E-state index in [0.29, 0.717) is 18.8 Å². The normalized spacial score (nSPS) is 19.1. The summed E-state index contributed by atoms with van der Waals surface area (Å²) in [5.41, 5.74) is 0.914. The zero-order valence-electron chi connectivity index (χ0n) is 18.3. The topological polar surface area (TPSA) is 74.3 Å². The Kier molecular flexibility index (Phi) is 5.81. The summed E-state index contributed by atoms with van der Waals surface area (Å²) in [6.07, 6.45) is 3.44. The number of likely N-dealkylation sites (N-methyl/N-ethyl adjacent to an activating group) is 1. The lowest BCUT2D eigenvalue weighted by molar-refractivity contribution is -0.126. The number of fused-ring (bicyclic) bond motifs is 1. The molecule has 9 nitrogen and oxygen atoms in total. The molecule has 1 aromatic carbocycles. The number of anilines is 2. The molecule has 1 amide bonds. The molecular formula is C23H28N6O3. The van der Waals surface area contributed by atoms with Crippen molar-refractivity contribution in [3.63, 3.8) is 0 Å². The lowest BCUT2D eigenvalue weighted by Gasteiger charge is -2.35. The van der Waals surface area contributed by atoms with Crippen molar-refractivity contribution in [2.75, 3.05) is 76.0 Å². The minimum Gasteiger partial charge on any atom is -0.454 e. The number of nitrogens with zero attached hydrogens (tertiary/aromatic N) is 6. The van der Waals surface area contributed by atoms with Crippen LogP contribution in [-0.2, 0) is 4.79 Å². The molecule has 0 saturated carbocycles. The van der Waals surface area contributed by atoms with Crippen molar-refractivity contribution < 1.29 is 14.3 Å². The van der Waals surface area contributed by atoms with Crippen LogP contribution in [0, 0.1) is 0 Å². The second-order valence-corrected chi connectivity index (χ2v) is 8.30. The number of amides is 1. The van der Waals surface area contributed by atoms with E-state index < -0.39 is 0 Å². The Morgan fingerprint density at radius 3 is 2.12 bits per heavy atom. The first-order valence-corrected chi connectivity index (χ1v) is 11.0. The Morgan fingerprint density at radius 2 is 1.47 bits per heavy atom. The molecule has 5 rings (SSSR count). The van der Waals surface area contributed by atoms with Crippen LogP contribution in [0.2, 0.25) is 0 Å². The molecule has 3 aliphatic heterocycles. The molecule has 4 heterocycles. The molecule has 0 unspecified atom stereocenters. The number of hydrogen-bond acceptors (Lipinski definition) is 8. The first kappa shape index (κ1) is 20.6. The Morgan fingerprint density at radius 1 is 0.844 bits per heavy atom. The highest BCUT2D eigenvalue weighted by Gasteiger charge is 2.22. The fraction of sp³-hybridized carbons (Fsp3) is 0.435. The van der Waals surface area contributed by atoms with Gasteiger partial charge in [-0.05, 0) is 43.0 Å². The molecule has 2 aromatic rings. The van der Waals surface area contributed by atoms with Gasteiger partial charge in [0.05, 0.1) is 0 Å². The Balaban J connectivity index is 1.13. The van der Waals surface area contributed by atoms with Gasteiger partial charge in [0.15, 0.2) is 23.1 Å². The molecule has 0 aliphatic carbocycles. The fourth-order valence-corrected chi connectivity index (χ4v) is 4.14. The highest BCUT2D eigenvalue weighted by atomic mass is 16.7. The molecule has 168 valence electrons. The molecule has 0 spiro atoms. The molecule has 9 heteroatoms. The number of hydrogen-bond donors (Lipinski definition) is 0. The summed E-state index contributed by atoms with van der Waals surface area (Å²) in [4.78, 5) is 21.3. The van der Waals surface area contributed by atoms with E-state index in [-0.39, 0.29) is 12.7 Å². The van der Waals surface area contributed by atoms with Crippen molar-refractivity contribution in [3.8, 4) is 11.5 Å². The molecule has 0 N–H and O–H groups in total. The van der Waals surface area contributed by atoms with Crippen LogP contribution in [0.1, 0.15) is 5.56 Å². The van der Waals surface area contributed by atoms with Gasteiger partial charge in [0.1, 0.15) is 0 Å². The summed E-state index contributed by atoms with van der Waals surface area (Å²) >= 11 is 0. The van der Waals surface area contributed by atoms with E-state index in [1.54, 1.807) is 6.08 Å². The minimum absolute atomic E-state index is 0.0128. The van der Waals surface area contributed by atoms with Crippen molar-refractivity contribution in [1.82, 2.24) is 20.0 Å². The van der Waals surface area contributed by atoms with Crippen LogP contribution in [0.5, 0.6) is 11.5 Å². The predicted octanol–water partition coefficient (Wildman–Crippen LogP) is 1.32.